The molecule has 9 heteroatoms. The number of methoxy groups -OCH3 is 1. The lowest BCUT2D eigenvalue weighted by atomic mass is 10.3. The molecule has 0 aliphatic heterocycles. The number of nitrogens with one attached hydrogen (secondary N) is 2. The van der Waals surface area contributed by atoms with Crippen molar-refractivity contribution in [1.29, 1.82) is 0 Å². The van der Waals surface area contributed by atoms with Crippen LogP contribution < -0.4 is 10.0 Å². The minimum absolute atomic E-state index is 0. The van der Waals surface area contributed by atoms with Gasteiger partial charge in [0.15, 0.2) is 0 Å². The van der Waals surface area contributed by atoms with Gasteiger partial charge >= 0.3 is 5.97 Å². The first kappa shape index (κ1) is 17.9. The topological polar surface area (TPSA) is 97.6 Å². The number of esters is 1. The summed E-state index contributed by atoms with van der Waals surface area (Å²) in [6.45, 7) is 0.992. The number of hydrogen-bond acceptors (Lipinski definition) is 6. The van der Waals surface area contributed by atoms with Crippen LogP contribution in [0, 0.1) is 0 Å². The van der Waals surface area contributed by atoms with Crippen molar-refractivity contribution in [3.63, 3.8) is 0 Å². The summed E-state index contributed by atoms with van der Waals surface area (Å²) in [5.74, 6) is -0.643. The summed E-state index contributed by atoms with van der Waals surface area (Å²) in [5.41, 5.74) is 0.0631. The van der Waals surface area contributed by atoms with E-state index in [1.165, 1.54) is 7.11 Å². The molecule has 0 aliphatic rings. The zero-order valence-corrected chi connectivity index (χ0v) is 12.3. The predicted molar refractivity (Wildman–Crippen MR) is 71.0 cm³/mol. The quantitative estimate of drug-likeness (QED) is 0.558. The molecular formula is C10H17ClN2O5S. The Labute approximate surface area is 118 Å². The van der Waals surface area contributed by atoms with Gasteiger partial charge in [-0.3, -0.25) is 0 Å². The molecule has 0 radical (unpaired) electrons. The highest BCUT2D eigenvalue weighted by Gasteiger charge is 2.20. The van der Waals surface area contributed by atoms with Gasteiger partial charge in [0.1, 0.15) is 6.26 Å². The highest BCUT2D eigenvalue weighted by atomic mass is 35.5. The standard InChI is InChI=1S/C10H16N2O5S.ClH/c1-11-4-3-5-12-18(14,15)9-6-8(7-17-9)10(13)16-2;/h6-7,11-12H,3-5H2,1-2H3;1H. The van der Waals surface area contributed by atoms with Crippen molar-refractivity contribution in [2.24, 2.45) is 0 Å². The van der Waals surface area contributed by atoms with Crippen LogP contribution in [0.15, 0.2) is 21.8 Å². The van der Waals surface area contributed by atoms with Crippen LogP contribution in [0.25, 0.3) is 0 Å². The lowest BCUT2D eigenvalue weighted by molar-refractivity contribution is 0.0600. The number of hydrogen-bond donors (Lipinski definition) is 2. The summed E-state index contributed by atoms with van der Waals surface area (Å²) in [6.07, 6.45) is 1.70. The Bertz CT molecular complexity index is 500. The predicted octanol–water partition coefficient (Wildman–Crippen LogP) is 0.376. The van der Waals surface area contributed by atoms with Gasteiger partial charge in [-0.15, -0.1) is 12.4 Å². The Balaban J connectivity index is 0.00000324. The monoisotopic (exact) mass is 312 g/mol. The third-order valence-corrected chi connectivity index (χ3v) is 3.48. The number of carbonyl (C=O) groups is 1. The van der Waals surface area contributed by atoms with Crippen LogP contribution in [0.5, 0.6) is 0 Å². The Morgan fingerprint density at radius 2 is 2.11 bits per heavy atom. The maximum Gasteiger partial charge on any atom is 0.341 e. The van der Waals surface area contributed by atoms with E-state index in [4.69, 9.17) is 4.42 Å². The summed E-state index contributed by atoms with van der Waals surface area (Å²) in [5, 5.41) is 2.60. The van der Waals surface area contributed by atoms with Crippen LogP contribution in [0.2, 0.25) is 0 Å². The molecule has 0 spiro atoms. The van der Waals surface area contributed by atoms with Gasteiger partial charge in [-0.25, -0.2) is 17.9 Å². The van der Waals surface area contributed by atoms with E-state index in [0.717, 1.165) is 12.3 Å². The molecule has 1 rings (SSSR count). The lowest BCUT2D eigenvalue weighted by Gasteiger charge is -2.03. The first-order valence-electron chi connectivity index (χ1n) is 5.32. The van der Waals surface area contributed by atoms with Crippen molar-refractivity contribution >= 4 is 28.4 Å². The third kappa shape index (κ3) is 5.19. The van der Waals surface area contributed by atoms with E-state index in [0.29, 0.717) is 13.0 Å². The molecule has 0 aliphatic carbocycles. The van der Waals surface area contributed by atoms with Crippen LogP contribution in [-0.2, 0) is 14.8 Å². The number of sulfonamides is 1. The van der Waals surface area contributed by atoms with Gasteiger partial charge < -0.3 is 14.5 Å². The van der Waals surface area contributed by atoms with E-state index < -0.39 is 16.0 Å². The van der Waals surface area contributed by atoms with E-state index in [1.54, 1.807) is 7.05 Å². The minimum Gasteiger partial charge on any atom is -0.465 e. The fraction of sp³-hybridized carbons (Fsp3) is 0.500. The highest BCUT2D eigenvalue weighted by molar-refractivity contribution is 7.89. The van der Waals surface area contributed by atoms with Crippen molar-refractivity contribution in [3.05, 3.63) is 17.9 Å². The van der Waals surface area contributed by atoms with Crippen molar-refractivity contribution < 1.29 is 22.4 Å². The maximum absolute atomic E-state index is 11.7. The van der Waals surface area contributed by atoms with E-state index >= 15 is 0 Å². The molecule has 1 aromatic rings. The molecule has 0 unspecified atom stereocenters. The smallest absolute Gasteiger partial charge is 0.341 e. The van der Waals surface area contributed by atoms with E-state index in [1.807, 2.05) is 0 Å². The van der Waals surface area contributed by atoms with Crippen molar-refractivity contribution in [2.75, 3.05) is 27.2 Å². The Morgan fingerprint density at radius 1 is 1.42 bits per heavy atom. The summed E-state index contributed by atoms with van der Waals surface area (Å²) >= 11 is 0. The molecule has 7 nitrogen and oxygen atoms in total. The van der Waals surface area contributed by atoms with Crippen LogP contribution in [0.3, 0.4) is 0 Å². The number of carbonyl (C=O) groups excluding carboxylic acids is 1. The molecule has 0 fully saturated rings. The van der Waals surface area contributed by atoms with Gasteiger partial charge in [-0.2, -0.15) is 0 Å². The molecule has 0 bridgehead atoms. The van der Waals surface area contributed by atoms with Crippen LogP contribution in [-0.4, -0.2) is 41.6 Å². The Kier molecular flexibility index (Phi) is 7.69. The van der Waals surface area contributed by atoms with E-state index in [9.17, 15) is 13.2 Å². The van der Waals surface area contributed by atoms with Crippen molar-refractivity contribution in [1.82, 2.24) is 10.0 Å². The maximum atomic E-state index is 11.7. The fourth-order valence-electron chi connectivity index (χ4n) is 1.23. The molecule has 19 heavy (non-hydrogen) atoms. The molecule has 0 saturated heterocycles. The first-order valence-corrected chi connectivity index (χ1v) is 6.80. The van der Waals surface area contributed by atoms with Gasteiger partial charge in [0.25, 0.3) is 10.0 Å². The molecule has 110 valence electrons. The number of furan rings is 1. The normalized spacial score (nSPS) is 10.8. The zero-order chi connectivity index (χ0) is 13.6. The molecule has 0 amide bonds. The summed E-state index contributed by atoms with van der Waals surface area (Å²) in [6, 6.07) is 1.13. The van der Waals surface area contributed by atoms with Gasteiger partial charge in [0.05, 0.1) is 12.7 Å². The van der Waals surface area contributed by atoms with Gasteiger partial charge in [-0.1, -0.05) is 0 Å². The number of ether oxygens (including phenoxy) is 1. The third-order valence-electron chi connectivity index (χ3n) is 2.16. The molecule has 0 saturated carbocycles. The summed E-state index contributed by atoms with van der Waals surface area (Å²) < 4.78 is 35.1. The molecule has 0 atom stereocenters. The average Bonchev–Trinajstić information content (AvgIpc) is 2.84. The average molecular weight is 313 g/mol. The number of rotatable bonds is 7. The second-order valence-corrected chi connectivity index (χ2v) is 5.20. The second-order valence-electron chi connectivity index (χ2n) is 3.50. The van der Waals surface area contributed by atoms with Crippen LogP contribution in [0.1, 0.15) is 16.8 Å². The SMILES string of the molecule is CNCCCNS(=O)(=O)c1cc(C(=O)OC)co1.Cl. The van der Waals surface area contributed by atoms with E-state index in [2.05, 4.69) is 14.8 Å². The first-order chi connectivity index (χ1) is 8.51. The summed E-state index contributed by atoms with van der Waals surface area (Å²) in [7, 11) is -0.725. The largest absolute Gasteiger partial charge is 0.465 e. The van der Waals surface area contributed by atoms with Gasteiger partial charge in [-0.05, 0) is 20.0 Å². The Morgan fingerprint density at radius 3 is 2.68 bits per heavy atom. The fourth-order valence-corrected chi connectivity index (χ4v) is 2.24. The van der Waals surface area contributed by atoms with Crippen molar-refractivity contribution in [2.45, 2.75) is 11.5 Å². The van der Waals surface area contributed by atoms with Crippen molar-refractivity contribution in [3.8, 4) is 0 Å². The number of halogens is 1. The molecule has 2 N–H and O–H groups in total. The lowest BCUT2D eigenvalue weighted by Crippen LogP contribution is -2.26. The van der Waals surface area contributed by atoms with Gasteiger partial charge in [0, 0.05) is 12.6 Å². The second kappa shape index (κ2) is 8.16. The zero-order valence-electron chi connectivity index (χ0n) is 10.6. The minimum atomic E-state index is -3.71. The molecule has 1 aromatic heterocycles. The molecular weight excluding hydrogens is 296 g/mol. The van der Waals surface area contributed by atoms with E-state index in [-0.39, 0.29) is 29.6 Å². The van der Waals surface area contributed by atoms with Crippen LogP contribution in [0.4, 0.5) is 0 Å². The Hall–Kier alpha value is -1.09. The van der Waals surface area contributed by atoms with Gasteiger partial charge in [0.2, 0.25) is 5.09 Å². The molecule has 0 aromatic carbocycles. The highest BCUT2D eigenvalue weighted by Crippen LogP contribution is 2.14. The summed E-state index contributed by atoms with van der Waals surface area (Å²) in [4.78, 5) is 11.1. The van der Waals surface area contributed by atoms with Crippen LogP contribution >= 0.6 is 12.4 Å². The molecule has 1 heterocycles.